The summed E-state index contributed by atoms with van der Waals surface area (Å²) >= 11 is 0. The molecule has 0 unspecified atom stereocenters. The highest BCUT2D eigenvalue weighted by atomic mass is 32.2. The van der Waals surface area contributed by atoms with E-state index in [-0.39, 0.29) is 49.9 Å². The first kappa shape index (κ1) is 19.4. The third kappa shape index (κ3) is 2.99. The van der Waals surface area contributed by atoms with Gasteiger partial charge < -0.3 is 4.90 Å². The van der Waals surface area contributed by atoms with Gasteiger partial charge in [0.15, 0.2) is 15.6 Å². The minimum absolute atomic E-state index is 0.0224. The second kappa shape index (κ2) is 6.49. The Morgan fingerprint density at radius 2 is 1.57 bits per heavy atom. The third-order valence-electron chi connectivity index (χ3n) is 5.96. The Balaban J connectivity index is 1.56. The van der Waals surface area contributed by atoms with Crippen molar-refractivity contribution in [3.05, 3.63) is 59.2 Å². The molecule has 2 aliphatic heterocycles. The van der Waals surface area contributed by atoms with E-state index in [1.54, 1.807) is 17.0 Å². The number of fused-ring (bicyclic) bond motifs is 2. The first-order valence-electron chi connectivity index (χ1n) is 9.75. The van der Waals surface area contributed by atoms with Gasteiger partial charge in [0.25, 0.3) is 5.91 Å². The van der Waals surface area contributed by atoms with E-state index in [1.165, 1.54) is 30.3 Å². The summed E-state index contributed by atoms with van der Waals surface area (Å²) in [7, 11) is -7.12. The van der Waals surface area contributed by atoms with Crippen molar-refractivity contribution in [2.45, 2.75) is 41.1 Å². The molecule has 0 N–H and O–H groups in total. The van der Waals surface area contributed by atoms with Crippen LogP contribution in [0.2, 0.25) is 0 Å². The summed E-state index contributed by atoms with van der Waals surface area (Å²) in [5, 5.41) is 0. The van der Waals surface area contributed by atoms with Gasteiger partial charge in [-0.1, -0.05) is 12.1 Å². The van der Waals surface area contributed by atoms with E-state index in [2.05, 4.69) is 0 Å². The zero-order valence-electron chi connectivity index (χ0n) is 15.9. The van der Waals surface area contributed by atoms with Gasteiger partial charge in [0, 0.05) is 28.8 Å². The largest absolute Gasteiger partial charge is 0.332 e. The second-order valence-electron chi connectivity index (χ2n) is 8.04. The van der Waals surface area contributed by atoms with Gasteiger partial charge >= 0.3 is 0 Å². The molecule has 1 aliphatic carbocycles. The maximum absolute atomic E-state index is 13.3. The Kier molecular flexibility index (Phi) is 4.20. The van der Waals surface area contributed by atoms with Crippen LogP contribution >= 0.6 is 0 Å². The average molecular weight is 446 g/mol. The highest BCUT2D eigenvalue weighted by Crippen LogP contribution is 2.37. The number of carbonyl (C=O) groups is 2. The number of hydrogen-bond acceptors (Lipinski definition) is 6. The molecule has 5 rings (SSSR count). The van der Waals surface area contributed by atoms with Crippen molar-refractivity contribution < 1.29 is 26.4 Å². The van der Waals surface area contributed by atoms with E-state index < -0.39 is 31.5 Å². The van der Waals surface area contributed by atoms with E-state index in [0.717, 1.165) is 12.8 Å². The monoisotopic (exact) mass is 445 g/mol. The number of ketones is 1. The van der Waals surface area contributed by atoms with Crippen molar-refractivity contribution in [1.29, 1.82) is 0 Å². The van der Waals surface area contributed by atoms with Crippen LogP contribution in [0.3, 0.4) is 0 Å². The van der Waals surface area contributed by atoms with Gasteiger partial charge in [-0.2, -0.15) is 0 Å². The molecule has 2 aromatic rings. The van der Waals surface area contributed by atoms with Crippen molar-refractivity contribution >= 4 is 31.4 Å². The normalized spacial score (nSPS) is 23.5. The summed E-state index contributed by atoms with van der Waals surface area (Å²) < 4.78 is 50.1. The number of carbonyl (C=O) groups excluding carboxylic acids is 2. The summed E-state index contributed by atoms with van der Waals surface area (Å²) in [6.45, 7) is 0. The smallest absolute Gasteiger partial charge is 0.254 e. The molecule has 1 atom stereocenters. The summed E-state index contributed by atoms with van der Waals surface area (Å²) in [6, 6.07) is 9.72. The van der Waals surface area contributed by atoms with Crippen LogP contribution in [0.4, 0.5) is 0 Å². The molecule has 3 aliphatic rings. The first-order chi connectivity index (χ1) is 14.2. The Morgan fingerprint density at radius 3 is 2.23 bits per heavy atom. The standard InChI is InChI=1S/C21H19NO6S2/c23-20-16-3-1-2-4-18(16)30(27,28)19-11-13(5-8-17(19)20)21(24)22(14-6-7-14)15-9-10-29(25,26)12-15/h1-5,8,11,14-15H,6-7,9-10,12H2/t15-/m1/s1. The van der Waals surface area contributed by atoms with E-state index in [1.807, 2.05) is 0 Å². The van der Waals surface area contributed by atoms with Crippen LogP contribution in [0.15, 0.2) is 52.3 Å². The summed E-state index contributed by atoms with van der Waals surface area (Å²) in [6.07, 6.45) is 1.99. The zero-order valence-corrected chi connectivity index (χ0v) is 17.6. The predicted molar refractivity (Wildman–Crippen MR) is 108 cm³/mol. The zero-order chi connectivity index (χ0) is 21.3. The van der Waals surface area contributed by atoms with Crippen LogP contribution in [0, 0.1) is 0 Å². The molecule has 9 heteroatoms. The quantitative estimate of drug-likeness (QED) is 0.609. The van der Waals surface area contributed by atoms with Crippen molar-refractivity contribution in [3.8, 4) is 0 Å². The van der Waals surface area contributed by atoms with Gasteiger partial charge in [0.05, 0.1) is 21.3 Å². The van der Waals surface area contributed by atoms with Crippen molar-refractivity contribution in [2.75, 3.05) is 11.5 Å². The van der Waals surface area contributed by atoms with Crippen molar-refractivity contribution in [3.63, 3.8) is 0 Å². The molecule has 156 valence electrons. The van der Waals surface area contributed by atoms with Crippen LogP contribution in [0.5, 0.6) is 0 Å². The van der Waals surface area contributed by atoms with E-state index in [9.17, 15) is 26.4 Å². The van der Waals surface area contributed by atoms with E-state index in [4.69, 9.17) is 0 Å². The highest BCUT2D eigenvalue weighted by Gasteiger charge is 2.43. The SMILES string of the molecule is O=C1c2ccccc2S(=O)(=O)c2cc(C(=O)N(C3CC3)[C@@H]3CCS(=O)(=O)C3)ccc21. The molecule has 0 aromatic heterocycles. The lowest BCUT2D eigenvalue weighted by Crippen LogP contribution is -2.42. The number of nitrogens with zero attached hydrogens (tertiary/aromatic N) is 1. The van der Waals surface area contributed by atoms with E-state index in [0.29, 0.717) is 6.42 Å². The Labute approximate surface area is 174 Å². The third-order valence-corrected chi connectivity index (χ3v) is 9.56. The minimum Gasteiger partial charge on any atom is -0.332 e. The highest BCUT2D eigenvalue weighted by molar-refractivity contribution is 7.92. The molecule has 1 saturated heterocycles. The lowest BCUT2D eigenvalue weighted by Gasteiger charge is -2.29. The average Bonchev–Trinajstić information content (AvgIpc) is 3.48. The molecule has 7 nitrogen and oxygen atoms in total. The molecule has 2 heterocycles. The fraction of sp³-hybridized carbons (Fsp3) is 0.333. The molecule has 0 bridgehead atoms. The molecule has 1 amide bonds. The van der Waals surface area contributed by atoms with Gasteiger partial charge in [-0.25, -0.2) is 16.8 Å². The second-order valence-corrected chi connectivity index (χ2v) is 12.2. The molecule has 0 radical (unpaired) electrons. The minimum atomic E-state index is -3.95. The Bertz CT molecular complexity index is 1310. The van der Waals surface area contributed by atoms with Gasteiger partial charge in [0.1, 0.15) is 0 Å². The molecule has 2 fully saturated rings. The molecule has 2 aromatic carbocycles. The molecule has 30 heavy (non-hydrogen) atoms. The number of amides is 1. The Hall–Kier alpha value is -2.52. The molecular weight excluding hydrogens is 426 g/mol. The van der Waals surface area contributed by atoms with Crippen molar-refractivity contribution in [1.82, 2.24) is 4.90 Å². The molecular formula is C21H19NO6S2. The molecule has 1 saturated carbocycles. The number of rotatable bonds is 3. The first-order valence-corrected chi connectivity index (χ1v) is 13.1. The van der Waals surface area contributed by atoms with Gasteiger partial charge in [-0.05, 0) is 49.6 Å². The fourth-order valence-electron chi connectivity index (χ4n) is 4.34. The summed E-state index contributed by atoms with van der Waals surface area (Å²) in [5.41, 5.74) is 0.326. The molecule has 0 spiro atoms. The van der Waals surface area contributed by atoms with Crippen LogP contribution in [-0.2, 0) is 19.7 Å². The predicted octanol–water partition coefficient (Wildman–Crippen LogP) is 1.86. The van der Waals surface area contributed by atoms with E-state index >= 15 is 0 Å². The van der Waals surface area contributed by atoms with Crippen LogP contribution < -0.4 is 0 Å². The fourth-order valence-corrected chi connectivity index (χ4v) is 7.73. The number of sulfone groups is 2. The number of benzene rings is 2. The van der Waals surface area contributed by atoms with Gasteiger partial charge in [0.2, 0.25) is 9.84 Å². The van der Waals surface area contributed by atoms with Gasteiger partial charge in [-0.15, -0.1) is 0 Å². The van der Waals surface area contributed by atoms with Gasteiger partial charge in [-0.3, -0.25) is 9.59 Å². The lowest BCUT2D eigenvalue weighted by atomic mass is 10.0. The maximum Gasteiger partial charge on any atom is 0.254 e. The topological polar surface area (TPSA) is 106 Å². The Morgan fingerprint density at radius 1 is 0.867 bits per heavy atom. The number of hydrogen-bond donors (Lipinski definition) is 0. The van der Waals surface area contributed by atoms with Crippen molar-refractivity contribution in [2.24, 2.45) is 0 Å². The summed E-state index contributed by atoms with van der Waals surface area (Å²) in [5.74, 6) is -0.790. The van der Waals surface area contributed by atoms with Crippen LogP contribution in [0.1, 0.15) is 45.5 Å². The lowest BCUT2D eigenvalue weighted by molar-refractivity contribution is 0.0680. The van der Waals surface area contributed by atoms with Crippen LogP contribution in [-0.4, -0.2) is 57.0 Å². The summed E-state index contributed by atoms with van der Waals surface area (Å²) in [4.78, 5) is 27.5. The van der Waals surface area contributed by atoms with Crippen LogP contribution in [0.25, 0.3) is 0 Å². The maximum atomic E-state index is 13.3.